The van der Waals surface area contributed by atoms with Crippen molar-refractivity contribution in [3.63, 3.8) is 0 Å². The normalized spacial score (nSPS) is 11.1. The van der Waals surface area contributed by atoms with Crippen LogP contribution in [-0.2, 0) is 26.9 Å². The molecule has 0 aliphatic carbocycles. The predicted octanol–water partition coefficient (Wildman–Crippen LogP) is 3.19. The monoisotopic (exact) mass is 488 g/mol. The van der Waals surface area contributed by atoms with E-state index in [9.17, 15) is 13.2 Å². The van der Waals surface area contributed by atoms with Gasteiger partial charge in [0, 0.05) is 12.6 Å². The number of benzene rings is 2. The second-order valence-corrected chi connectivity index (χ2v) is 9.71. The van der Waals surface area contributed by atoms with E-state index in [2.05, 4.69) is 22.1 Å². The number of methoxy groups -OCH3 is 2. The summed E-state index contributed by atoms with van der Waals surface area (Å²) < 4.78 is 37.6. The number of nitrogens with one attached hydrogen (secondary N) is 1. The summed E-state index contributed by atoms with van der Waals surface area (Å²) in [5.41, 5.74) is 0.506. The Morgan fingerprint density at radius 1 is 1.15 bits per heavy atom. The third-order valence-electron chi connectivity index (χ3n) is 4.54. The van der Waals surface area contributed by atoms with E-state index in [4.69, 9.17) is 9.47 Å². The van der Waals surface area contributed by atoms with Crippen molar-refractivity contribution in [1.82, 2.24) is 14.8 Å². The van der Waals surface area contributed by atoms with Gasteiger partial charge in [-0.15, -0.1) is 16.8 Å². The molecule has 0 unspecified atom stereocenters. The molecule has 9 nitrogen and oxygen atoms in total. The molecule has 1 heterocycles. The van der Waals surface area contributed by atoms with Gasteiger partial charge in [-0.1, -0.05) is 36.0 Å². The van der Waals surface area contributed by atoms with Crippen molar-refractivity contribution in [2.45, 2.75) is 22.3 Å². The number of aromatic nitrogens is 3. The molecule has 0 bridgehead atoms. The zero-order chi connectivity index (χ0) is 23.8. The summed E-state index contributed by atoms with van der Waals surface area (Å²) in [5.74, 6) is 0.794. The van der Waals surface area contributed by atoms with Crippen LogP contribution in [0.25, 0.3) is 0 Å². The van der Waals surface area contributed by atoms with Crippen molar-refractivity contribution in [3.05, 3.63) is 67.0 Å². The van der Waals surface area contributed by atoms with E-state index in [-0.39, 0.29) is 28.1 Å². The Bertz CT molecular complexity index is 1230. The Morgan fingerprint density at radius 3 is 2.58 bits per heavy atom. The van der Waals surface area contributed by atoms with Gasteiger partial charge in [-0.2, -0.15) is 0 Å². The lowest BCUT2D eigenvalue weighted by molar-refractivity contribution is -0.113. The van der Waals surface area contributed by atoms with Gasteiger partial charge in [0.1, 0.15) is 23.1 Å². The van der Waals surface area contributed by atoms with E-state index in [0.29, 0.717) is 28.9 Å². The number of hydrogen-bond donors (Lipinski definition) is 1. The predicted molar refractivity (Wildman–Crippen MR) is 126 cm³/mol. The Kier molecular flexibility index (Phi) is 8.12. The van der Waals surface area contributed by atoms with Crippen molar-refractivity contribution in [2.24, 2.45) is 0 Å². The van der Waals surface area contributed by atoms with Gasteiger partial charge in [0.15, 0.2) is 15.0 Å². The zero-order valence-electron chi connectivity index (χ0n) is 18.2. The van der Waals surface area contributed by atoms with Gasteiger partial charge in [-0.25, -0.2) is 8.42 Å². The number of amides is 1. The smallest absolute Gasteiger partial charge is 0.234 e. The molecule has 3 rings (SSSR count). The van der Waals surface area contributed by atoms with Crippen LogP contribution in [-0.4, -0.2) is 49.1 Å². The Labute approximate surface area is 196 Å². The number of hydrogen-bond acceptors (Lipinski definition) is 8. The molecule has 0 aliphatic rings. The lowest BCUT2D eigenvalue weighted by Gasteiger charge is -2.12. The van der Waals surface area contributed by atoms with Crippen LogP contribution >= 0.6 is 11.8 Å². The van der Waals surface area contributed by atoms with Crippen LogP contribution in [0.5, 0.6) is 11.5 Å². The molecular formula is C22H24N4O5S2. The minimum atomic E-state index is -3.60. The molecule has 1 N–H and O–H groups in total. The largest absolute Gasteiger partial charge is 0.497 e. The molecule has 0 spiro atoms. The van der Waals surface area contributed by atoms with Crippen molar-refractivity contribution in [2.75, 3.05) is 25.3 Å². The number of allylic oxidation sites excluding steroid dienone is 1. The van der Waals surface area contributed by atoms with E-state index in [1.165, 1.54) is 19.2 Å². The molecule has 0 aliphatic heterocycles. The van der Waals surface area contributed by atoms with E-state index in [1.54, 1.807) is 54.2 Å². The molecule has 0 fully saturated rings. The summed E-state index contributed by atoms with van der Waals surface area (Å²) in [6.45, 7) is 4.03. The summed E-state index contributed by atoms with van der Waals surface area (Å²) in [5, 5.41) is 11.4. The highest BCUT2D eigenvalue weighted by Gasteiger charge is 2.21. The van der Waals surface area contributed by atoms with Gasteiger partial charge in [-0.05, 0) is 24.3 Å². The van der Waals surface area contributed by atoms with Crippen LogP contribution in [0.3, 0.4) is 0 Å². The maximum Gasteiger partial charge on any atom is 0.234 e. The van der Waals surface area contributed by atoms with Crippen LogP contribution in [0.15, 0.2) is 71.2 Å². The molecule has 11 heteroatoms. The van der Waals surface area contributed by atoms with Crippen LogP contribution in [0.1, 0.15) is 5.82 Å². The molecule has 174 valence electrons. The zero-order valence-corrected chi connectivity index (χ0v) is 19.9. The lowest BCUT2D eigenvalue weighted by atomic mass is 10.2. The van der Waals surface area contributed by atoms with Crippen LogP contribution in [0, 0.1) is 0 Å². The van der Waals surface area contributed by atoms with E-state index >= 15 is 0 Å². The average molecular weight is 489 g/mol. The maximum atomic E-state index is 12.7. The Morgan fingerprint density at radius 2 is 1.91 bits per heavy atom. The fourth-order valence-electron chi connectivity index (χ4n) is 2.94. The molecule has 0 atom stereocenters. The van der Waals surface area contributed by atoms with Crippen molar-refractivity contribution >= 4 is 33.2 Å². The summed E-state index contributed by atoms with van der Waals surface area (Å²) in [7, 11) is -0.551. The molecule has 1 amide bonds. The number of sulfone groups is 1. The number of thioether (sulfide) groups is 1. The van der Waals surface area contributed by atoms with E-state index < -0.39 is 9.84 Å². The molecule has 33 heavy (non-hydrogen) atoms. The fourth-order valence-corrected chi connectivity index (χ4v) is 5.00. The average Bonchev–Trinajstić information content (AvgIpc) is 3.19. The van der Waals surface area contributed by atoms with E-state index in [1.807, 2.05) is 0 Å². The Balaban J connectivity index is 1.71. The SMILES string of the molecule is C=CCn1c(CS(=O)(=O)c2ccccc2)nnc1SCC(=O)Nc1ccc(OC)cc1OC. The number of anilines is 1. The summed E-state index contributed by atoms with van der Waals surface area (Å²) in [6, 6.07) is 13.2. The quantitative estimate of drug-likeness (QED) is 0.323. The number of rotatable bonds is 11. The number of nitrogens with zero attached hydrogens (tertiary/aromatic N) is 3. The minimum absolute atomic E-state index is 0.0376. The highest BCUT2D eigenvalue weighted by Crippen LogP contribution is 2.29. The standard InChI is InChI=1S/C22H24N4O5S2/c1-4-12-26-20(15-33(28,29)17-8-6-5-7-9-17)24-25-22(26)32-14-21(27)23-18-11-10-16(30-2)13-19(18)31-3/h4-11,13H,1,12,14-15H2,2-3H3,(H,23,27). The minimum Gasteiger partial charge on any atom is -0.497 e. The highest BCUT2D eigenvalue weighted by molar-refractivity contribution is 7.99. The summed E-state index contributed by atoms with van der Waals surface area (Å²) in [6.07, 6.45) is 1.62. The van der Waals surface area contributed by atoms with Gasteiger partial charge in [-0.3, -0.25) is 4.79 Å². The van der Waals surface area contributed by atoms with E-state index in [0.717, 1.165) is 11.8 Å². The second kappa shape index (κ2) is 11.0. The maximum absolute atomic E-state index is 12.7. The van der Waals surface area contributed by atoms with Crippen LogP contribution < -0.4 is 14.8 Å². The molecule has 3 aromatic rings. The molecule has 0 saturated carbocycles. The van der Waals surface area contributed by atoms with Gasteiger partial charge in [0.2, 0.25) is 5.91 Å². The van der Waals surface area contributed by atoms with Crippen molar-refractivity contribution < 1.29 is 22.7 Å². The highest BCUT2D eigenvalue weighted by atomic mass is 32.2. The van der Waals surface area contributed by atoms with Gasteiger partial charge < -0.3 is 19.4 Å². The second-order valence-electron chi connectivity index (χ2n) is 6.77. The fraction of sp³-hybridized carbons (Fsp3) is 0.227. The first kappa shape index (κ1) is 24.3. The molecule has 1 aromatic heterocycles. The topological polar surface area (TPSA) is 112 Å². The molecule has 2 aromatic carbocycles. The van der Waals surface area contributed by atoms with Crippen LogP contribution in [0.4, 0.5) is 5.69 Å². The third kappa shape index (κ3) is 6.14. The van der Waals surface area contributed by atoms with Gasteiger partial charge >= 0.3 is 0 Å². The first-order valence-corrected chi connectivity index (χ1v) is 12.5. The number of carbonyl (C=O) groups excluding carboxylic acids is 1. The van der Waals surface area contributed by atoms with Gasteiger partial charge in [0.05, 0.1) is 30.6 Å². The first-order valence-electron chi connectivity index (χ1n) is 9.83. The first-order chi connectivity index (χ1) is 15.9. The van der Waals surface area contributed by atoms with Crippen molar-refractivity contribution in [1.29, 1.82) is 0 Å². The summed E-state index contributed by atoms with van der Waals surface area (Å²) in [4.78, 5) is 12.7. The molecule has 0 radical (unpaired) electrons. The van der Waals surface area contributed by atoms with Crippen LogP contribution in [0.2, 0.25) is 0 Å². The van der Waals surface area contributed by atoms with Gasteiger partial charge in [0.25, 0.3) is 0 Å². The molecular weight excluding hydrogens is 464 g/mol. The molecule has 0 saturated heterocycles. The number of carbonyl (C=O) groups is 1. The Hall–Kier alpha value is -3.31. The third-order valence-corrected chi connectivity index (χ3v) is 7.14. The number of ether oxygens (including phenoxy) is 2. The lowest BCUT2D eigenvalue weighted by Crippen LogP contribution is -2.16. The summed E-state index contributed by atoms with van der Waals surface area (Å²) >= 11 is 1.15. The van der Waals surface area contributed by atoms with Crippen molar-refractivity contribution in [3.8, 4) is 11.5 Å².